The number of methoxy groups -OCH3 is 1. The molecule has 0 unspecified atom stereocenters. The van der Waals surface area contributed by atoms with Crippen LogP contribution in [-0.2, 0) is 14.8 Å². The van der Waals surface area contributed by atoms with Crippen LogP contribution in [0.1, 0.15) is 19.3 Å². The first kappa shape index (κ1) is 19.5. The van der Waals surface area contributed by atoms with Crippen LogP contribution in [0.3, 0.4) is 0 Å². The van der Waals surface area contributed by atoms with Crippen LogP contribution in [0.5, 0.6) is 11.5 Å². The predicted molar refractivity (Wildman–Crippen MR) is 95.3 cm³/mol. The van der Waals surface area contributed by atoms with Crippen LogP contribution in [0.15, 0.2) is 24.3 Å². The minimum Gasteiger partial charge on any atom is -0.497 e. The number of likely N-dealkylation sites (tertiary alicyclic amines) is 1. The maximum Gasteiger partial charge on any atom is 0.223 e. The molecule has 1 aliphatic rings. The first-order valence-corrected chi connectivity index (χ1v) is 10.3. The smallest absolute Gasteiger partial charge is 0.223 e. The molecule has 1 fully saturated rings. The van der Waals surface area contributed by atoms with Crippen molar-refractivity contribution in [1.29, 1.82) is 0 Å². The fourth-order valence-electron chi connectivity index (χ4n) is 2.82. The Balaban J connectivity index is 1.76. The van der Waals surface area contributed by atoms with E-state index in [0.717, 1.165) is 37.1 Å². The topological polar surface area (TPSA) is 84.9 Å². The molecule has 1 aliphatic heterocycles. The van der Waals surface area contributed by atoms with Gasteiger partial charge in [-0.2, -0.15) is 0 Å². The lowest BCUT2D eigenvalue weighted by atomic mass is 9.98. The van der Waals surface area contributed by atoms with Gasteiger partial charge in [-0.3, -0.25) is 4.79 Å². The van der Waals surface area contributed by atoms with Gasteiger partial charge in [-0.25, -0.2) is 13.1 Å². The Hall–Kier alpha value is -1.80. The molecule has 8 heteroatoms. The number of nitrogens with zero attached hydrogens (tertiary/aromatic N) is 1. The zero-order valence-corrected chi connectivity index (χ0v) is 15.5. The number of piperidine rings is 1. The van der Waals surface area contributed by atoms with Gasteiger partial charge in [0.15, 0.2) is 0 Å². The number of benzene rings is 1. The average Bonchev–Trinajstić information content (AvgIpc) is 2.59. The summed E-state index contributed by atoms with van der Waals surface area (Å²) in [6.45, 7) is 2.06. The van der Waals surface area contributed by atoms with Gasteiger partial charge in [-0.15, -0.1) is 0 Å². The van der Waals surface area contributed by atoms with Crippen LogP contribution in [0.4, 0.5) is 0 Å². The van der Waals surface area contributed by atoms with Gasteiger partial charge in [0, 0.05) is 32.0 Å². The van der Waals surface area contributed by atoms with E-state index in [1.807, 2.05) is 24.3 Å². The quantitative estimate of drug-likeness (QED) is 0.744. The molecule has 1 aromatic rings. The van der Waals surface area contributed by atoms with Crippen molar-refractivity contribution in [3.05, 3.63) is 24.3 Å². The summed E-state index contributed by atoms with van der Waals surface area (Å²) in [5.74, 6) is 1.82. The lowest BCUT2D eigenvalue weighted by molar-refractivity contribution is -0.133. The number of hydrogen-bond donors (Lipinski definition) is 1. The van der Waals surface area contributed by atoms with Gasteiger partial charge < -0.3 is 14.4 Å². The SMILES string of the molecule is COc1ccc(OC[C@@H]2CCCN(C(=O)CCNS(C)(=O)=O)C2)cc1. The van der Waals surface area contributed by atoms with E-state index in [2.05, 4.69) is 4.72 Å². The minimum atomic E-state index is -3.26. The maximum absolute atomic E-state index is 12.2. The van der Waals surface area contributed by atoms with E-state index in [9.17, 15) is 13.2 Å². The van der Waals surface area contributed by atoms with Gasteiger partial charge in [0.25, 0.3) is 0 Å². The molecule has 1 saturated heterocycles. The number of carbonyl (C=O) groups is 1. The average molecular weight is 370 g/mol. The molecule has 1 heterocycles. The van der Waals surface area contributed by atoms with E-state index in [-0.39, 0.29) is 24.8 Å². The highest BCUT2D eigenvalue weighted by atomic mass is 32.2. The van der Waals surface area contributed by atoms with Gasteiger partial charge in [-0.1, -0.05) is 0 Å². The number of hydrogen-bond acceptors (Lipinski definition) is 5. The standard InChI is InChI=1S/C17H26N2O5S/c1-23-15-5-7-16(8-6-15)24-13-14-4-3-11-19(12-14)17(20)9-10-18-25(2,21)22/h5-8,14,18H,3-4,9-13H2,1-2H3/t14-/m1/s1. The van der Waals surface area contributed by atoms with Crippen LogP contribution in [0.25, 0.3) is 0 Å². The van der Waals surface area contributed by atoms with E-state index < -0.39 is 10.0 Å². The molecule has 7 nitrogen and oxygen atoms in total. The molecule has 0 spiro atoms. The summed E-state index contributed by atoms with van der Waals surface area (Å²) >= 11 is 0. The van der Waals surface area contributed by atoms with Gasteiger partial charge >= 0.3 is 0 Å². The second-order valence-corrected chi connectivity index (χ2v) is 8.08. The number of ether oxygens (including phenoxy) is 2. The molecule has 25 heavy (non-hydrogen) atoms. The zero-order valence-electron chi connectivity index (χ0n) is 14.7. The van der Waals surface area contributed by atoms with Crippen molar-refractivity contribution in [3.8, 4) is 11.5 Å². The van der Waals surface area contributed by atoms with Crippen LogP contribution >= 0.6 is 0 Å². The fraction of sp³-hybridized carbons (Fsp3) is 0.588. The van der Waals surface area contributed by atoms with E-state index in [0.29, 0.717) is 13.2 Å². The predicted octanol–water partition coefficient (Wildman–Crippen LogP) is 1.25. The molecule has 2 rings (SSSR count). The third-order valence-electron chi connectivity index (χ3n) is 4.12. The molecular formula is C17H26N2O5S. The Labute approximate surface area is 149 Å². The van der Waals surface area contributed by atoms with E-state index in [4.69, 9.17) is 9.47 Å². The second kappa shape index (κ2) is 9.05. The molecule has 0 saturated carbocycles. The highest BCUT2D eigenvalue weighted by Gasteiger charge is 2.24. The molecule has 1 N–H and O–H groups in total. The Bertz CT molecular complexity index is 660. The molecular weight excluding hydrogens is 344 g/mol. The lowest BCUT2D eigenvalue weighted by Gasteiger charge is -2.32. The van der Waals surface area contributed by atoms with E-state index in [1.54, 1.807) is 12.0 Å². The highest BCUT2D eigenvalue weighted by molar-refractivity contribution is 7.88. The second-order valence-electron chi connectivity index (χ2n) is 6.25. The highest BCUT2D eigenvalue weighted by Crippen LogP contribution is 2.21. The molecule has 1 aromatic carbocycles. The largest absolute Gasteiger partial charge is 0.497 e. The summed E-state index contributed by atoms with van der Waals surface area (Å²) in [5, 5.41) is 0. The fourth-order valence-corrected chi connectivity index (χ4v) is 3.29. The summed E-state index contributed by atoms with van der Waals surface area (Å²) in [5.41, 5.74) is 0. The number of sulfonamides is 1. The van der Waals surface area contributed by atoms with Crippen LogP contribution in [0, 0.1) is 5.92 Å². The van der Waals surface area contributed by atoms with E-state index in [1.165, 1.54) is 0 Å². The molecule has 0 radical (unpaired) electrons. The van der Waals surface area contributed by atoms with Crippen molar-refractivity contribution in [2.75, 3.05) is 39.6 Å². The minimum absolute atomic E-state index is 0.0229. The molecule has 0 bridgehead atoms. The zero-order chi connectivity index (χ0) is 18.3. The Morgan fingerprint density at radius 3 is 2.60 bits per heavy atom. The van der Waals surface area contributed by atoms with Crippen molar-refractivity contribution >= 4 is 15.9 Å². The summed E-state index contributed by atoms with van der Waals surface area (Å²) < 4.78 is 35.4. The maximum atomic E-state index is 12.2. The number of rotatable bonds is 8. The van der Waals surface area contributed by atoms with E-state index >= 15 is 0 Å². The molecule has 1 amide bonds. The van der Waals surface area contributed by atoms with Gasteiger partial charge in [0.2, 0.25) is 15.9 Å². The third-order valence-corrected chi connectivity index (χ3v) is 4.85. The molecule has 0 aliphatic carbocycles. The van der Waals surface area contributed by atoms with Crippen LogP contribution in [-0.4, -0.2) is 58.8 Å². The molecule has 0 aromatic heterocycles. The van der Waals surface area contributed by atoms with Crippen molar-refractivity contribution < 1.29 is 22.7 Å². The van der Waals surface area contributed by atoms with Gasteiger partial charge in [-0.05, 0) is 37.1 Å². The van der Waals surface area contributed by atoms with Crippen LogP contribution in [0.2, 0.25) is 0 Å². The summed E-state index contributed by atoms with van der Waals surface area (Å²) in [6, 6.07) is 7.42. The van der Waals surface area contributed by atoms with Crippen molar-refractivity contribution in [2.45, 2.75) is 19.3 Å². The molecule has 140 valence electrons. The van der Waals surface area contributed by atoms with Crippen LogP contribution < -0.4 is 14.2 Å². The normalized spacial score (nSPS) is 18.0. The van der Waals surface area contributed by atoms with Crippen molar-refractivity contribution in [3.63, 3.8) is 0 Å². The van der Waals surface area contributed by atoms with Gasteiger partial charge in [0.05, 0.1) is 20.0 Å². The van der Waals surface area contributed by atoms with Crippen molar-refractivity contribution in [2.24, 2.45) is 5.92 Å². The summed E-state index contributed by atoms with van der Waals surface area (Å²) in [6.07, 6.45) is 3.22. The third kappa shape index (κ3) is 6.91. The summed E-state index contributed by atoms with van der Waals surface area (Å²) in [7, 11) is -1.64. The number of amides is 1. The Morgan fingerprint density at radius 1 is 1.28 bits per heavy atom. The lowest BCUT2D eigenvalue weighted by Crippen LogP contribution is -2.42. The first-order valence-electron chi connectivity index (χ1n) is 8.36. The first-order chi connectivity index (χ1) is 11.9. The summed E-state index contributed by atoms with van der Waals surface area (Å²) in [4.78, 5) is 14.0. The molecule has 1 atom stereocenters. The Kier molecular flexibility index (Phi) is 7.07. The monoisotopic (exact) mass is 370 g/mol. The number of carbonyl (C=O) groups excluding carboxylic acids is 1. The Morgan fingerprint density at radius 2 is 1.96 bits per heavy atom. The van der Waals surface area contributed by atoms with Crippen molar-refractivity contribution in [1.82, 2.24) is 9.62 Å². The number of nitrogens with one attached hydrogen (secondary N) is 1. The van der Waals surface area contributed by atoms with Gasteiger partial charge in [0.1, 0.15) is 11.5 Å².